The Morgan fingerprint density at radius 3 is 2.73 bits per heavy atom. The molecule has 1 aromatic heterocycles. The lowest BCUT2D eigenvalue weighted by atomic mass is 10.1. The fraction of sp³-hybridized carbons (Fsp3) is 0.545. The second-order valence-corrected chi connectivity index (χ2v) is 4.32. The molecule has 0 amide bonds. The van der Waals surface area contributed by atoms with E-state index in [4.69, 9.17) is 9.15 Å². The number of esters is 1. The number of aliphatic hydroxyl groups is 1. The number of aliphatic hydroxyl groups excluding tert-OH is 1. The van der Waals surface area contributed by atoms with Gasteiger partial charge < -0.3 is 14.3 Å². The number of carbonyl (C=O) groups is 1. The summed E-state index contributed by atoms with van der Waals surface area (Å²) in [6, 6.07) is 3.28. The van der Waals surface area contributed by atoms with Crippen molar-refractivity contribution < 1.29 is 19.1 Å². The van der Waals surface area contributed by atoms with E-state index in [0.29, 0.717) is 5.76 Å². The van der Waals surface area contributed by atoms with E-state index in [2.05, 4.69) is 0 Å². The molecule has 1 N–H and O–H groups in total. The van der Waals surface area contributed by atoms with Crippen LogP contribution < -0.4 is 0 Å². The highest BCUT2D eigenvalue weighted by Gasteiger charge is 2.21. The standard InChI is InChI=1S/C11H16O4/c1-11(2,3)15-10(13)7-8(12)9-5-4-6-14-9/h4-6,8,12H,7H2,1-3H3/t8-/m0/s1. The summed E-state index contributed by atoms with van der Waals surface area (Å²) in [6.07, 6.45) is 0.424. The first-order valence-corrected chi connectivity index (χ1v) is 4.82. The molecule has 1 rings (SSSR count). The molecular weight excluding hydrogens is 196 g/mol. The van der Waals surface area contributed by atoms with Gasteiger partial charge in [0.2, 0.25) is 0 Å². The number of furan rings is 1. The molecule has 84 valence electrons. The van der Waals surface area contributed by atoms with E-state index in [0.717, 1.165) is 0 Å². The molecule has 0 unspecified atom stereocenters. The van der Waals surface area contributed by atoms with Gasteiger partial charge in [-0.05, 0) is 32.9 Å². The Kier molecular flexibility index (Phi) is 3.52. The van der Waals surface area contributed by atoms with Gasteiger partial charge in [0.25, 0.3) is 0 Å². The van der Waals surface area contributed by atoms with Crippen LogP contribution in [-0.4, -0.2) is 16.7 Å². The lowest BCUT2D eigenvalue weighted by Gasteiger charge is -2.20. The van der Waals surface area contributed by atoms with Crippen molar-refractivity contribution in [1.82, 2.24) is 0 Å². The lowest BCUT2D eigenvalue weighted by Crippen LogP contribution is -2.24. The molecular formula is C11H16O4. The molecule has 0 aromatic carbocycles. The zero-order valence-electron chi connectivity index (χ0n) is 9.19. The van der Waals surface area contributed by atoms with Gasteiger partial charge in [0.05, 0.1) is 12.7 Å². The minimum Gasteiger partial charge on any atom is -0.467 e. The smallest absolute Gasteiger partial charge is 0.309 e. The summed E-state index contributed by atoms with van der Waals surface area (Å²) in [5, 5.41) is 9.58. The number of hydrogen-bond acceptors (Lipinski definition) is 4. The zero-order valence-corrected chi connectivity index (χ0v) is 9.19. The minimum atomic E-state index is -0.935. The van der Waals surface area contributed by atoms with Crippen molar-refractivity contribution in [1.29, 1.82) is 0 Å². The van der Waals surface area contributed by atoms with Crippen LogP contribution in [0.3, 0.4) is 0 Å². The van der Waals surface area contributed by atoms with Gasteiger partial charge in [-0.1, -0.05) is 0 Å². The number of ether oxygens (including phenoxy) is 1. The average Bonchev–Trinajstić information content (AvgIpc) is 2.50. The summed E-state index contributed by atoms with van der Waals surface area (Å²) in [7, 11) is 0. The predicted molar refractivity (Wildman–Crippen MR) is 54.1 cm³/mol. The molecule has 1 aromatic rings. The average molecular weight is 212 g/mol. The minimum absolute atomic E-state index is 0.0925. The highest BCUT2D eigenvalue weighted by molar-refractivity contribution is 5.70. The van der Waals surface area contributed by atoms with E-state index in [1.807, 2.05) is 0 Å². The van der Waals surface area contributed by atoms with Gasteiger partial charge in [0.15, 0.2) is 0 Å². The Hall–Kier alpha value is -1.29. The van der Waals surface area contributed by atoms with Crippen molar-refractivity contribution in [3.05, 3.63) is 24.2 Å². The van der Waals surface area contributed by atoms with Crippen molar-refractivity contribution >= 4 is 5.97 Å². The summed E-state index contributed by atoms with van der Waals surface area (Å²) < 4.78 is 10.0. The number of carbonyl (C=O) groups excluding carboxylic acids is 1. The monoisotopic (exact) mass is 212 g/mol. The van der Waals surface area contributed by atoms with Crippen molar-refractivity contribution in [2.24, 2.45) is 0 Å². The molecule has 4 heteroatoms. The molecule has 0 saturated carbocycles. The molecule has 0 aliphatic rings. The highest BCUT2D eigenvalue weighted by Crippen LogP contribution is 2.19. The Morgan fingerprint density at radius 1 is 1.60 bits per heavy atom. The number of rotatable bonds is 3. The first kappa shape index (κ1) is 11.8. The Labute approximate surface area is 88.8 Å². The quantitative estimate of drug-likeness (QED) is 0.779. The maximum absolute atomic E-state index is 11.3. The van der Waals surface area contributed by atoms with E-state index in [9.17, 15) is 9.90 Å². The Balaban J connectivity index is 2.45. The van der Waals surface area contributed by atoms with Gasteiger partial charge in [-0.2, -0.15) is 0 Å². The van der Waals surface area contributed by atoms with Gasteiger partial charge in [-0.25, -0.2) is 0 Å². The van der Waals surface area contributed by atoms with Crippen molar-refractivity contribution in [2.75, 3.05) is 0 Å². The summed E-state index contributed by atoms with van der Waals surface area (Å²) in [5.74, 6) is -0.0627. The van der Waals surface area contributed by atoms with Crippen LogP contribution in [0.15, 0.2) is 22.8 Å². The largest absolute Gasteiger partial charge is 0.467 e. The van der Waals surface area contributed by atoms with E-state index in [1.54, 1.807) is 32.9 Å². The second-order valence-electron chi connectivity index (χ2n) is 4.32. The SMILES string of the molecule is CC(C)(C)OC(=O)C[C@H](O)c1ccco1. The fourth-order valence-corrected chi connectivity index (χ4v) is 1.12. The topological polar surface area (TPSA) is 59.7 Å². The molecule has 0 bridgehead atoms. The third kappa shape index (κ3) is 4.16. The van der Waals surface area contributed by atoms with Crippen LogP contribution in [0.5, 0.6) is 0 Å². The molecule has 0 spiro atoms. The van der Waals surface area contributed by atoms with Crippen LogP contribution >= 0.6 is 0 Å². The summed E-state index contributed by atoms with van der Waals surface area (Å²) in [4.78, 5) is 11.3. The molecule has 4 nitrogen and oxygen atoms in total. The number of hydrogen-bond donors (Lipinski definition) is 1. The Bertz CT molecular complexity index is 308. The summed E-state index contributed by atoms with van der Waals surface area (Å²) in [5.41, 5.74) is -0.528. The van der Waals surface area contributed by atoms with Crippen LogP contribution in [0, 0.1) is 0 Å². The van der Waals surface area contributed by atoms with Gasteiger partial charge in [0.1, 0.15) is 17.5 Å². The maximum atomic E-state index is 11.3. The van der Waals surface area contributed by atoms with Crippen LogP contribution in [0.2, 0.25) is 0 Å². The Morgan fingerprint density at radius 2 is 2.27 bits per heavy atom. The molecule has 1 atom stereocenters. The molecule has 0 aliphatic carbocycles. The lowest BCUT2D eigenvalue weighted by molar-refractivity contribution is -0.157. The van der Waals surface area contributed by atoms with Gasteiger partial charge in [0, 0.05) is 0 Å². The molecule has 15 heavy (non-hydrogen) atoms. The predicted octanol–water partition coefficient (Wildman–Crippen LogP) is 2.04. The van der Waals surface area contributed by atoms with Gasteiger partial charge >= 0.3 is 5.97 Å². The second kappa shape index (κ2) is 4.49. The third-order valence-corrected chi connectivity index (χ3v) is 1.65. The van der Waals surface area contributed by atoms with Crippen molar-refractivity contribution in [2.45, 2.75) is 38.9 Å². The van der Waals surface area contributed by atoms with E-state index >= 15 is 0 Å². The molecule has 0 fully saturated rings. The van der Waals surface area contributed by atoms with Crippen molar-refractivity contribution in [3.63, 3.8) is 0 Å². The zero-order chi connectivity index (χ0) is 11.5. The van der Waals surface area contributed by atoms with E-state index < -0.39 is 17.7 Å². The first-order chi connectivity index (χ1) is 6.88. The van der Waals surface area contributed by atoms with Gasteiger partial charge in [-0.3, -0.25) is 4.79 Å². The molecule has 1 heterocycles. The van der Waals surface area contributed by atoms with Crippen LogP contribution in [0.1, 0.15) is 39.1 Å². The molecule has 0 aliphatic heterocycles. The normalized spacial score (nSPS) is 13.6. The molecule has 0 radical (unpaired) electrons. The van der Waals surface area contributed by atoms with Crippen molar-refractivity contribution in [3.8, 4) is 0 Å². The highest BCUT2D eigenvalue weighted by atomic mass is 16.6. The first-order valence-electron chi connectivity index (χ1n) is 4.82. The third-order valence-electron chi connectivity index (χ3n) is 1.65. The summed E-state index contributed by atoms with van der Waals surface area (Å²) in [6.45, 7) is 5.35. The van der Waals surface area contributed by atoms with Gasteiger partial charge in [-0.15, -0.1) is 0 Å². The fourth-order valence-electron chi connectivity index (χ4n) is 1.12. The van der Waals surface area contributed by atoms with Crippen LogP contribution in [0.25, 0.3) is 0 Å². The molecule has 0 saturated heterocycles. The van der Waals surface area contributed by atoms with Crippen LogP contribution in [-0.2, 0) is 9.53 Å². The van der Waals surface area contributed by atoms with E-state index in [-0.39, 0.29) is 6.42 Å². The van der Waals surface area contributed by atoms with Crippen LogP contribution in [0.4, 0.5) is 0 Å². The summed E-state index contributed by atoms with van der Waals surface area (Å²) >= 11 is 0. The maximum Gasteiger partial charge on any atom is 0.309 e. The van der Waals surface area contributed by atoms with E-state index in [1.165, 1.54) is 6.26 Å².